The van der Waals surface area contributed by atoms with Gasteiger partial charge in [-0.15, -0.1) is 0 Å². The minimum absolute atomic E-state index is 0.0614. The maximum Gasteiger partial charge on any atom is 0.416 e. The van der Waals surface area contributed by atoms with Crippen LogP contribution in [0.1, 0.15) is 31.9 Å². The molecule has 0 radical (unpaired) electrons. The van der Waals surface area contributed by atoms with Gasteiger partial charge in [-0.1, -0.05) is 32.9 Å². The Balaban J connectivity index is 2.52. The summed E-state index contributed by atoms with van der Waals surface area (Å²) in [5, 5.41) is 0. The number of ether oxygens (including phenoxy) is 1. The molecule has 4 heteroatoms. The Morgan fingerprint density at radius 3 is 1.94 bits per heavy atom. The fourth-order valence-electron chi connectivity index (χ4n) is 1.27. The van der Waals surface area contributed by atoms with Crippen LogP contribution in [0.3, 0.4) is 0 Å². The van der Waals surface area contributed by atoms with E-state index in [2.05, 4.69) is 0 Å². The van der Waals surface area contributed by atoms with Crippen molar-refractivity contribution >= 4 is 0 Å². The van der Waals surface area contributed by atoms with Crippen molar-refractivity contribution in [3.63, 3.8) is 0 Å². The predicted molar refractivity (Wildman–Crippen MR) is 60.6 cm³/mol. The number of rotatable bonds is 3. The minimum atomic E-state index is -4.27. The molecular formula is C13H17F3O. The fourth-order valence-corrected chi connectivity index (χ4v) is 1.27. The third-order valence-corrected chi connectivity index (χ3v) is 2.09. The largest absolute Gasteiger partial charge is 0.416 e. The first-order chi connectivity index (χ1) is 7.68. The van der Waals surface area contributed by atoms with Crippen LogP contribution >= 0.6 is 0 Å². The molecule has 0 amide bonds. The Bertz CT molecular complexity index is 346. The molecule has 1 aromatic rings. The lowest BCUT2D eigenvalue weighted by Crippen LogP contribution is -2.14. The maximum absolute atomic E-state index is 12.3. The van der Waals surface area contributed by atoms with Crippen LogP contribution in [0, 0.1) is 5.41 Å². The zero-order chi connectivity index (χ0) is 13.1. The molecule has 0 aliphatic carbocycles. The molecule has 0 bridgehead atoms. The Kier molecular flexibility index (Phi) is 4.20. The van der Waals surface area contributed by atoms with Gasteiger partial charge in [-0.25, -0.2) is 0 Å². The lowest BCUT2D eigenvalue weighted by Gasteiger charge is -2.18. The summed E-state index contributed by atoms with van der Waals surface area (Å²) in [5.74, 6) is 0. The Hall–Kier alpha value is -1.03. The van der Waals surface area contributed by atoms with Crippen LogP contribution in [-0.4, -0.2) is 6.61 Å². The van der Waals surface area contributed by atoms with Crippen molar-refractivity contribution in [1.29, 1.82) is 0 Å². The van der Waals surface area contributed by atoms with Crippen molar-refractivity contribution in [2.75, 3.05) is 6.61 Å². The molecule has 0 spiro atoms. The smallest absolute Gasteiger partial charge is 0.376 e. The lowest BCUT2D eigenvalue weighted by atomic mass is 9.99. The van der Waals surface area contributed by atoms with Gasteiger partial charge >= 0.3 is 6.18 Å². The van der Waals surface area contributed by atoms with Crippen LogP contribution in [0.15, 0.2) is 24.3 Å². The second-order valence-corrected chi connectivity index (χ2v) is 5.25. The van der Waals surface area contributed by atoms with Crippen molar-refractivity contribution in [2.45, 2.75) is 33.6 Å². The van der Waals surface area contributed by atoms with Crippen LogP contribution in [0.2, 0.25) is 0 Å². The van der Waals surface area contributed by atoms with Gasteiger partial charge in [-0.05, 0) is 23.1 Å². The Morgan fingerprint density at radius 1 is 1.00 bits per heavy atom. The fraction of sp³-hybridized carbons (Fsp3) is 0.538. The summed E-state index contributed by atoms with van der Waals surface area (Å²) in [5.41, 5.74) is 0.186. The van der Waals surface area contributed by atoms with Crippen LogP contribution < -0.4 is 0 Å². The zero-order valence-corrected chi connectivity index (χ0v) is 10.3. The molecule has 0 aliphatic rings. The quantitative estimate of drug-likeness (QED) is 0.774. The zero-order valence-electron chi connectivity index (χ0n) is 10.3. The number of halogens is 3. The van der Waals surface area contributed by atoms with E-state index in [1.807, 2.05) is 20.8 Å². The highest BCUT2D eigenvalue weighted by molar-refractivity contribution is 5.24. The van der Waals surface area contributed by atoms with E-state index in [1.54, 1.807) is 0 Å². The number of alkyl halides is 3. The van der Waals surface area contributed by atoms with Crippen molar-refractivity contribution in [3.05, 3.63) is 35.4 Å². The summed E-state index contributed by atoms with van der Waals surface area (Å²) >= 11 is 0. The standard InChI is InChI=1S/C13H17F3O/c1-12(2,3)9-17-8-10-4-6-11(7-5-10)13(14,15)16/h4-7H,8-9H2,1-3H3. The van der Waals surface area contributed by atoms with E-state index in [1.165, 1.54) is 12.1 Å². The average molecular weight is 246 g/mol. The van der Waals surface area contributed by atoms with Gasteiger partial charge in [-0.3, -0.25) is 0 Å². The molecule has 1 aromatic carbocycles. The highest BCUT2D eigenvalue weighted by atomic mass is 19.4. The molecule has 0 unspecified atom stereocenters. The minimum Gasteiger partial charge on any atom is -0.376 e. The number of hydrogen-bond donors (Lipinski definition) is 0. The molecule has 0 N–H and O–H groups in total. The van der Waals surface area contributed by atoms with Crippen LogP contribution in [-0.2, 0) is 17.5 Å². The van der Waals surface area contributed by atoms with E-state index in [4.69, 9.17) is 4.74 Å². The van der Waals surface area contributed by atoms with E-state index in [9.17, 15) is 13.2 Å². The highest BCUT2D eigenvalue weighted by Crippen LogP contribution is 2.29. The summed E-state index contributed by atoms with van der Waals surface area (Å²) in [6, 6.07) is 5.06. The van der Waals surface area contributed by atoms with Crippen molar-refractivity contribution in [3.8, 4) is 0 Å². The summed E-state index contributed by atoms with van der Waals surface area (Å²) in [7, 11) is 0. The average Bonchev–Trinajstić information content (AvgIpc) is 2.15. The molecule has 0 heterocycles. The van der Waals surface area contributed by atoms with Gasteiger partial charge in [0.1, 0.15) is 0 Å². The first-order valence-electron chi connectivity index (χ1n) is 5.42. The van der Waals surface area contributed by atoms with Gasteiger partial charge in [0, 0.05) is 0 Å². The van der Waals surface area contributed by atoms with Gasteiger partial charge in [0.2, 0.25) is 0 Å². The normalized spacial score (nSPS) is 12.8. The third-order valence-electron chi connectivity index (χ3n) is 2.09. The topological polar surface area (TPSA) is 9.23 Å². The second kappa shape index (κ2) is 5.08. The maximum atomic E-state index is 12.3. The van der Waals surface area contributed by atoms with E-state index >= 15 is 0 Å². The summed E-state index contributed by atoms with van der Waals surface area (Å²) in [4.78, 5) is 0. The van der Waals surface area contributed by atoms with Crippen LogP contribution in [0.25, 0.3) is 0 Å². The van der Waals surface area contributed by atoms with E-state index in [-0.39, 0.29) is 5.41 Å². The molecule has 0 aliphatic heterocycles. The predicted octanol–water partition coefficient (Wildman–Crippen LogP) is 4.27. The van der Waals surface area contributed by atoms with Gasteiger partial charge in [0.05, 0.1) is 18.8 Å². The number of benzene rings is 1. The molecular weight excluding hydrogens is 229 g/mol. The molecule has 17 heavy (non-hydrogen) atoms. The van der Waals surface area contributed by atoms with Gasteiger partial charge in [0.25, 0.3) is 0 Å². The Labute approximate surface area is 99.6 Å². The van der Waals surface area contributed by atoms with Crippen molar-refractivity contribution in [1.82, 2.24) is 0 Å². The molecule has 1 rings (SSSR count). The molecule has 0 saturated carbocycles. The van der Waals surface area contributed by atoms with Crippen LogP contribution in [0.4, 0.5) is 13.2 Å². The summed E-state index contributed by atoms with van der Waals surface area (Å²) < 4.78 is 42.3. The Morgan fingerprint density at radius 2 is 1.53 bits per heavy atom. The first-order valence-corrected chi connectivity index (χ1v) is 5.42. The second-order valence-electron chi connectivity index (χ2n) is 5.25. The lowest BCUT2D eigenvalue weighted by molar-refractivity contribution is -0.137. The van der Waals surface area contributed by atoms with Crippen molar-refractivity contribution in [2.24, 2.45) is 5.41 Å². The van der Waals surface area contributed by atoms with E-state index in [0.29, 0.717) is 13.2 Å². The van der Waals surface area contributed by atoms with Gasteiger partial charge in [-0.2, -0.15) is 13.2 Å². The molecule has 1 nitrogen and oxygen atoms in total. The monoisotopic (exact) mass is 246 g/mol. The molecule has 0 atom stereocenters. The number of hydrogen-bond acceptors (Lipinski definition) is 1. The van der Waals surface area contributed by atoms with Gasteiger partial charge < -0.3 is 4.74 Å². The van der Waals surface area contributed by atoms with E-state index in [0.717, 1.165) is 17.7 Å². The highest BCUT2D eigenvalue weighted by Gasteiger charge is 2.29. The third kappa shape index (κ3) is 5.22. The molecule has 96 valence electrons. The van der Waals surface area contributed by atoms with Crippen LogP contribution in [0.5, 0.6) is 0 Å². The summed E-state index contributed by atoms with van der Waals surface area (Å²) in [6.45, 7) is 7.04. The molecule has 0 fully saturated rings. The first kappa shape index (κ1) is 14.0. The van der Waals surface area contributed by atoms with Crippen molar-refractivity contribution < 1.29 is 17.9 Å². The van der Waals surface area contributed by atoms with E-state index < -0.39 is 11.7 Å². The summed E-state index contributed by atoms with van der Waals surface area (Å²) in [6.07, 6.45) is -4.27. The van der Waals surface area contributed by atoms with Gasteiger partial charge in [0.15, 0.2) is 0 Å². The molecule has 0 saturated heterocycles. The molecule has 0 aromatic heterocycles. The SMILES string of the molecule is CC(C)(C)COCc1ccc(C(F)(F)F)cc1.